The zero-order valence-corrected chi connectivity index (χ0v) is 17.0. The Morgan fingerprint density at radius 2 is 1.26 bits per heavy atom. The van der Waals surface area contributed by atoms with Crippen LogP contribution in [0.1, 0.15) is 5.56 Å². The normalized spacial score (nSPS) is 10.3. The van der Waals surface area contributed by atoms with E-state index < -0.39 is 0 Å². The molecule has 31 heavy (non-hydrogen) atoms. The van der Waals surface area contributed by atoms with Gasteiger partial charge in [0.15, 0.2) is 6.61 Å². The van der Waals surface area contributed by atoms with Crippen molar-refractivity contribution in [3.63, 3.8) is 0 Å². The van der Waals surface area contributed by atoms with E-state index in [-0.39, 0.29) is 12.5 Å². The van der Waals surface area contributed by atoms with E-state index in [2.05, 4.69) is 17.4 Å². The summed E-state index contributed by atoms with van der Waals surface area (Å²) < 4.78 is 11.5. The first-order chi connectivity index (χ1) is 15.3. The van der Waals surface area contributed by atoms with Crippen molar-refractivity contribution in [3.05, 3.63) is 115 Å². The number of carbonyl (C=O) groups excluding carboxylic acids is 1. The summed E-state index contributed by atoms with van der Waals surface area (Å²) in [5.41, 5.74) is 3.91. The fourth-order valence-corrected chi connectivity index (χ4v) is 3.14. The summed E-state index contributed by atoms with van der Waals surface area (Å²) in [4.78, 5) is 12.4. The van der Waals surface area contributed by atoms with Gasteiger partial charge in [-0.15, -0.1) is 0 Å². The SMILES string of the molecule is O=C(COc1ccc(-c2ccccc2)cc1)Nc1ccccc1OCc1ccccc1. The van der Waals surface area contributed by atoms with Crippen molar-refractivity contribution in [3.8, 4) is 22.6 Å². The predicted octanol–water partition coefficient (Wildman–Crippen LogP) is 5.95. The standard InChI is InChI=1S/C27H23NO3/c29-27(20-30-24-17-15-23(16-18-24)22-11-5-2-6-12-22)28-25-13-7-8-14-26(25)31-19-21-9-3-1-4-10-21/h1-18H,19-20H2,(H,28,29). The van der Waals surface area contributed by atoms with Crippen LogP contribution in [0.4, 0.5) is 5.69 Å². The van der Waals surface area contributed by atoms with Crippen molar-refractivity contribution in [2.45, 2.75) is 6.61 Å². The van der Waals surface area contributed by atoms with E-state index in [1.54, 1.807) is 0 Å². The van der Waals surface area contributed by atoms with Crippen LogP contribution < -0.4 is 14.8 Å². The van der Waals surface area contributed by atoms with E-state index in [4.69, 9.17) is 9.47 Å². The van der Waals surface area contributed by atoms with E-state index >= 15 is 0 Å². The number of nitrogens with one attached hydrogen (secondary N) is 1. The first kappa shape index (κ1) is 20.2. The quantitative estimate of drug-likeness (QED) is 0.391. The van der Waals surface area contributed by atoms with Crippen LogP contribution in [-0.2, 0) is 11.4 Å². The van der Waals surface area contributed by atoms with Gasteiger partial charge in [0.05, 0.1) is 5.69 Å². The van der Waals surface area contributed by atoms with Crippen LogP contribution in [0.15, 0.2) is 109 Å². The minimum Gasteiger partial charge on any atom is -0.487 e. The molecule has 0 spiro atoms. The lowest BCUT2D eigenvalue weighted by Crippen LogP contribution is -2.20. The minimum absolute atomic E-state index is 0.0856. The molecule has 4 nitrogen and oxygen atoms in total. The van der Waals surface area contributed by atoms with E-state index in [0.29, 0.717) is 23.8 Å². The lowest BCUT2D eigenvalue weighted by molar-refractivity contribution is -0.118. The topological polar surface area (TPSA) is 47.6 Å². The third kappa shape index (κ3) is 5.73. The van der Waals surface area contributed by atoms with Crippen LogP contribution in [-0.4, -0.2) is 12.5 Å². The van der Waals surface area contributed by atoms with Crippen LogP contribution in [0.2, 0.25) is 0 Å². The molecule has 4 rings (SSSR count). The Bertz CT molecular complexity index is 1110. The highest BCUT2D eigenvalue weighted by atomic mass is 16.5. The van der Waals surface area contributed by atoms with Crippen molar-refractivity contribution in [2.24, 2.45) is 0 Å². The summed E-state index contributed by atoms with van der Waals surface area (Å²) in [6.45, 7) is 0.343. The van der Waals surface area contributed by atoms with Gasteiger partial charge in [0.2, 0.25) is 0 Å². The van der Waals surface area contributed by atoms with Crippen molar-refractivity contribution < 1.29 is 14.3 Å². The van der Waals surface area contributed by atoms with Gasteiger partial charge in [-0.1, -0.05) is 84.9 Å². The number of anilines is 1. The molecular formula is C27H23NO3. The van der Waals surface area contributed by atoms with Crippen LogP contribution in [0.5, 0.6) is 11.5 Å². The Kier molecular flexibility index (Phi) is 6.61. The van der Waals surface area contributed by atoms with Crippen molar-refractivity contribution in [2.75, 3.05) is 11.9 Å². The monoisotopic (exact) mass is 409 g/mol. The van der Waals surface area contributed by atoms with Crippen LogP contribution in [0.3, 0.4) is 0 Å². The van der Waals surface area contributed by atoms with Gasteiger partial charge in [0, 0.05) is 0 Å². The summed E-state index contributed by atoms with van der Waals surface area (Å²) in [6.07, 6.45) is 0. The molecule has 0 fully saturated rings. The Balaban J connectivity index is 1.32. The average Bonchev–Trinajstić information content (AvgIpc) is 2.84. The predicted molar refractivity (Wildman–Crippen MR) is 123 cm³/mol. The maximum atomic E-state index is 12.4. The van der Waals surface area contributed by atoms with Gasteiger partial charge in [0.25, 0.3) is 5.91 Å². The summed E-state index contributed by atoms with van der Waals surface area (Å²) in [5, 5.41) is 2.87. The second-order valence-electron chi connectivity index (χ2n) is 7.00. The summed E-state index contributed by atoms with van der Waals surface area (Å²) in [7, 11) is 0. The molecule has 0 aliphatic heterocycles. The molecule has 0 bridgehead atoms. The Morgan fingerprint density at radius 1 is 0.645 bits per heavy atom. The van der Waals surface area contributed by atoms with Crippen LogP contribution >= 0.6 is 0 Å². The number of para-hydroxylation sites is 2. The molecule has 1 N–H and O–H groups in total. The van der Waals surface area contributed by atoms with Gasteiger partial charge in [-0.3, -0.25) is 4.79 Å². The summed E-state index contributed by atoms with van der Waals surface area (Å²) >= 11 is 0. The van der Waals surface area contributed by atoms with E-state index in [1.165, 1.54) is 0 Å². The lowest BCUT2D eigenvalue weighted by Gasteiger charge is -2.13. The third-order valence-electron chi connectivity index (χ3n) is 4.73. The Labute approximate surface area is 182 Å². The number of amides is 1. The molecule has 4 aromatic carbocycles. The van der Waals surface area contributed by atoms with Gasteiger partial charge in [-0.05, 0) is 41.0 Å². The second-order valence-corrected chi connectivity index (χ2v) is 7.00. The molecule has 0 saturated heterocycles. The third-order valence-corrected chi connectivity index (χ3v) is 4.73. The first-order valence-corrected chi connectivity index (χ1v) is 10.1. The molecule has 0 atom stereocenters. The maximum Gasteiger partial charge on any atom is 0.262 e. The molecule has 0 heterocycles. The van der Waals surface area contributed by atoms with Gasteiger partial charge < -0.3 is 14.8 Å². The number of rotatable bonds is 8. The molecule has 0 aliphatic carbocycles. The largest absolute Gasteiger partial charge is 0.487 e. The molecule has 0 unspecified atom stereocenters. The minimum atomic E-state index is -0.247. The highest BCUT2D eigenvalue weighted by Crippen LogP contribution is 2.25. The lowest BCUT2D eigenvalue weighted by atomic mass is 10.1. The number of hydrogen-bond donors (Lipinski definition) is 1. The van der Waals surface area contributed by atoms with Crippen molar-refractivity contribution in [1.29, 1.82) is 0 Å². The highest BCUT2D eigenvalue weighted by molar-refractivity contribution is 5.93. The van der Waals surface area contributed by atoms with Gasteiger partial charge in [0.1, 0.15) is 18.1 Å². The zero-order valence-electron chi connectivity index (χ0n) is 17.0. The second kappa shape index (κ2) is 10.1. The van der Waals surface area contributed by atoms with Crippen molar-refractivity contribution in [1.82, 2.24) is 0 Å². The Morgan fingerprint density at radius 3 is 2.00 bits per heavy atom. The molecule has 4 heteroatoms. The fraction of sp³-hybridized carbons (Fsp3) is 0.0741. The molecule has 0 radical (unpaired) electrons. The smallest absolute Gasteiger partial charge is 0.262 e. The van der Waals surface area contributed by atoms with E-state index in [1.807, 2.05) is 97.1 Å². The van der Waals surface area contributed by atoms with Gasteiger partial charge >= 0.3 is 0 Å². The molecule has 1 amide bonds. The Hall–Kier alpha value is -4.05. The number of hydrogen-bond acceptors (Lipinski definition) is 3. The first-order valence-electron chi connectivity index (χ1n) is 10.1. The molecular weight excluding hydrogens is 386 g/mol. The van der Waals surface area contributed by atoms with Gasteiger partial charge in [-0.25, -0.2) is 0 Å². The molecule has 0 aromatic heterocycles. The molecule has 0 saturated carbocycles. The molecule has 0 aliphatic rings. The molecule has 4 aromatic rings. The average molecular weight is 409 g/mol. The maximum absolute atomic E-state index is 12.4. The van der Waals surface area contributed by atoms with E-state index in [9.17, 15) is 4.79 Å². The molecule has 154 valence electrons. The van der Waals surface area contributed by atoms with Crippen LogP contribution in [0, 0.1) is 0 Å². The zero-order chi connectivity index (χ0) is 21.3. The summed E-state index contributed by atoms with van der Waals surface area (Å²) in [6, 6.07) is 35.1. The van der Waals surface area contributed by atoms with Crippen LogP contribution in [0.25, 0.3) is 11.1 Å². The number of benzene rings is 4. The van der Waals surface area contributed by atoms with Crippen molar-refractivity contribution >= 4 is 11.6 Å². The van der Waals surface area contributed by atoms with Gasteiger partial charge in [-0.2, -0.15) is 0 Å². The highest BCUT2D eigenvalue weighted by Gasteiger charge is 2.09. The van der Waals surface area contributed by atoms with E-state index in [0.717, 1.165) is 16.7 Å². The fourth-order valence-electron chi connectivity index (χ4n) is 3.14. The number of ether oxygens (including phenoxy) is 2. The summed E-state index contributed by atoms with van der Waals surface area (Å²) in [5.74, 6) is 1.01. The number of carbonyl (C=O) groups is 1.